The van der Waals surface area contributed by atoms with Crippen LogP contribution in [0.15, 0.2) is 59.6 Å². The van der Waals surface area contributed by atoms with Gasteiger partial charge in [0.25, 0.3) is 5.91 Å². The summed E-state index contributed by atoms with van der Waals surface area (Å²) in [5.41, 5.74) is 9.08. The molecule has 220 valence electrons. The summed E-state index contributed by atoms with van der Waals surface area (Å²) in [5, 5.41) is 3.00. The molecule has 1 aliphatic carbocycles. The monoisotopic (exact) mass is 558 g/mol. The highest BCUT2D eigenvalue weighted by Gasteiger charge is 2.38. The highest BCUT2D eigenvalue weighted by atomic mass is 16.2. The number of benzodiazepines with no additional fused rings is 1. The number of nitrogens with one attached hydrogen (secondary N) is 1. The molecule has 4 rings (SSSR count). The molecule has 1 heterocycles. The van der Waals surface area contributed by atoms with Crippen LogP contribution in [-0.4, -0.2) is 36.1 Å². The summed E-state index contributed by atoms with van der Waals surface area (Å²) < 4.78 is 0. The van der Waals surface area contributed by atoms with Crippen molar-refractivity contribution in [3.8, 4) is 0 Å². The molecule has 1 fully saturated rings. The third kappa shape index (κ3) is 7.63. The fourth-order valence-electron chi connectivity index (χ4n) is 6.34. The van der Waals surface area contributed by atoms with E-state index in [9.17, 15) is 14.4 Å². The maximum absolute atomic E-state index is 14.3. The second kappa shape index (κ2) is 14.4. The lowest BCUT2D eigenvalue weighted by Crippen LogP contribution is -2.51. The van der Waals surface area contributed by atoms with Gasteiger partial charge < -0.3 is 16.0 Å². The number of carbonyl (C=O) groups excluding carboxylic acids is 3. The highest BCUT2D eigenvalue weighted by Crippen LogP contribution is 2.33. The van der Waals surface area contributed by atoms with Crippen molar-refractivity contribution in [2.24, 2.45) is 34.4 Å². The number of aliphatic imine (C=N–C) groups is 1. The van der Waals surface area contributed by atoms with Crippen LogP contribution in [0.25, 0.3) is 0 Å². The predicted octanol–water partition coefficient (Wildman–Crippen LogP) is 5.85. The summed E-state index contributed by atoms with van der Waals surface area (Å²) in [6, 6.07) is 17.7. The number of hydrogen-bond acceptors (Lipinski definition) is 4. The van der Waals surface area contributed by atoms with E-state index in [2.05, 4.69) is 12.2 Å². The van der Waals surface area contributed by atoms with Gasteiger partial charge in [-0.25, -0.2) is 4.99 Å². The zero-order valence-electron chi connectivity index (χ0n) is 24.9. The number of carbonyl (C=O) groups is 3. The second-order valence-electron chi connectivity index (χ2n) is 12.1. The van der Waals surface area contributed by atoms with E-state index in [4.69, 9.17) is 10.7 Å². The molecular formula is C34H46N4O3. The van der Waals surface area contributed by atoms with Crippen LogP contribution < -0.4 is 16.0 Å². The van der Waals surface area contributed by atoms with Gasteiger partial charge in [0.05, 0.1) is 11.4 Å². The van der Waals surface area contributed by atoms with Gasteiger partial charge in [0.15, 0.2) is 0 Å². The molecule has 3 N–H and O–H groups in total. The molecule has 7 nitrogen and oxygen atoms in total. The Balaban J connectivity index is 1.74. The number of primary amides is 1. The van der Waals surface area contributed by atoms with Gasteiger partial charge in [-0.15, -0.1) is 0 Å². The maximum Gasteiger partial charge on any atom is 0.272 e. The topological polar surface area (TPSA) is 105 Å². The summed E-state index contributed by atoms with van der Waals surface area (Å²) in [5.74, 6) is -1.68. The van der Waals surface area contributed by atoms with Gasteiger partial charge in [0.1, 0.15) is 0 Å². The Morgan fingerprint density at radius 2 is 1.68 bits per heavy atom. The van der Waals surface area contributed by atoms with Gasteiger partial charge in [-0.05, 0) is 43.6 Å². The van der Waals surface area contributed by atoms with Gasteiger partial charge in [-0.2, -0.15) is 0 Å². The van der Waals surface area contributed by atoms with Crippen molar-refractivity contribution in [3.63, 3.8) is 0 Å². The van der Waals surface area contributed by atoms with Crippen LogP contribution in [0, 0.1) is 23.7 Å². The minimum Gasteiger partial charge on any atom is -0.369 e. The Morgan fingerprint density at radius 3 is 2.34 bits per heavy atom. The second-order valence-corrected chi connectivity index (χ2v) is 12.1. The van der Waals surface area contributed by atoms with E-state index in [1.165, 1.54) is 19.3 Å². The number of rotatable bonds is 12. The van der Waals surface area contributed by atoms with Crippen molar-refractivity contribution < 1.29 is 14.4 Å². The molecule has 3 amide bonds. The van der Waals surface area contributed by atoms with Gasteiger partial charge in [-0.3, -0.25) is 14.4 Å². The number of unbranched alkanes of at least 4 members (excludes halogenated alkanes) is 1. The summed E-state index contributed by atoms with van der Waals surface area (Å²) in [7, 11) is 0. The average molecular weight is 559 g/mol. The first-order valence-corrected chi connectivity index (χ1v) is 15.4. The summed E-state index contributed by atoms with van der Waals surface area (Å²) >= 11 is 0. The smallest absolute Gasteiger partial charge is 0.272 e. The lowest BCUT2D eigenvalue weighted by molar-refractivity contribution is -0.136. The molecule has 2 aromatic rings. The summed E-state index contributed by atoms with van der Waals surface area (Å²) in [6.45, 7) is 6.71. The highest BCUT2D eigenvalue weighted by molar-refractivity contribution is 6.20. The Morgan fingerprint density at radius 1 is 1.00 bits per heavy atom. The van der Waals surface area contributed by atoms with E-state index >= 15 is 0 Å². The lowest BCUT2D eigenvalue weighted by Gasteiger charge is -2.32. The van der Waals surface area contributed by atoms with E-state index in [0.717, 1.165) is 42.5 Å². The van der Waals surface area contributed by atoms with Crippen LogP contribution in [0.4, 0.5) is 5.69 Å². The number of benzene rings is 2. The quantitative estimate of drug-likeness (QED) is 0.342. The lowest BCUT2D eigenvalue weighted by atomic mass is 9.81. The molecule has 0 aromatic heterocycles. The molecule has 41 heavy (non-hydrogen) atoms. The van der Waals surface area contributed by atoms with Crippen molar-refractivity contribution in [3.05, 3.63) is 65.7 Å². The zero-order valence-corrected chi connectivity index (χ0v) is 24.9. The van der Waals surface area contributed by atoms with Gasteiger partial charge in [0, 0.05) is 29.5 Å². The SMILES string of the molecule is CCCC[C@H](C(N)=O)[C@@H](CC(C)C)C(=O)NC1N=C(c2ccccc2)c2ccccc2N(CC2CCCCC2)C1=O. The molecule has 1 unspecified atom stereocenters. The van der Waals surface area contributed by atoms with E-state index in [1.54, 1.807) is 0 Å². The first kappa shape index (κ1) is 30.5. The van der Waals surface area contributed by atoms with Crippen molar-refractivity contribution >= 4 is 29.1 Å². The molecule has 2 aliphatic rings. The molecule has 1 saturated carbocycles. The molecule has 0 bridgehead atoms. The van der Waals surface area contributed by atoms with Crippen molar-refractivity contribution in [2.75, 3.05) is 11.4 Å². The number of hydrogen-bond donors (Lipinski definition) is 2. The standard InChI is InChI=1S/C34H46N4O3/c1-4-5-18-26(31(35)39)28(21-23(2)3)33(40)37-32-34(41)38(22-24-14-8-6-9-15-24)29-20-13-12-19-27(29)30(36-32)25-16-10-7-11-17-25/h7,10-13,16-17,19-20,23-24,26,28,32H,4-6,8-9,14-15,18,21-22H2,1-3H3,(H2,35,39)(H,37,40)/t26-,28+,32?/m0/s1. The first-order valence-electron chi connectivity index (χ1n) is 15.4. The van der Waals surface area contributed by atoms with Crippen LogP contribution in [0.5, 0.6) is 0 Å². The average Bonchev–Trinajstić information content (AvgIpc) is 3.08. The number of nitrogens with two attached hydrogens (primary N) is 1. The van der Waals surface area contributed by atoms with E-state index in [1.807, 2.05) is 73.3 Å². The number of fused-ring (bicyclic) bond motifs is 1. The van der Waals surface area contributed by atoms with Gasteiger partial charge >= 0.3 is 0 Å². The number of anilines is 1. The Hall–Kier alpha value is -3.48. The van der Waals surface area contributed by atoms with E-state index in [0.29, 0.717) is 31.0 Å². The Labute approximate surface area is 245 Å². The summed E-state index contributed by atoms with van der Waals surface area (Å²) in [4.78, 5) is 47.6. The third-order valence-electron chi connectivity index (χ3n) is 8.48. The molecule has 0 radical (unpaired) electrons. The fraction of sp³-hybridized carbons (Fsp3) is 0.529. The normalized spacial score (nSPS) is 19.2. The van der Waals surface area contributed by atoms with Crippen LogP contribution >= 0.6 is 0 Å². The predicted molar refractivity (Wildman–Crippen MR) is 165 cm³/mol. The molecule has 7 heteroatoms. The van der Waals surface area contributed by atoms with E-state index in [-0.39, 0.29) is 17.7 Å². The Bertz CT molecular complexity index is 1220. The molecule has 1 aliphatic heterocycles. The molecule has 3 atom stereocenters. The zero-order chi connectivity index (χ0) is 29.4. The first-order chi connectivity index (χ1) is 19.8. The maximum atomic E-state index is 14.3. The largest absolute Gasteiger partial charge is 0.369 e. The number of nitrogens with zero attached hydrogens (tertiary/aromatic N) is 2. The number of para-hydroxylation sites is 1. The van der Waals surface area contributed by atoms with E-state index < -0.39 is 23.9 Å². The molecule has 0 spiro atoms. The molecular weight excluding hydrogens is 512 g/mol. The molecule has 0 saturated heterocycles. The number of amides is 3. The summed E-state index contributed by atoms with van der Waals surface area (Å²) in [6.07, 6.45) is 7.40. The van der Waals surface area contributed by atoms with Crippen LogP contribution in [0.1, 0.15) is 89.7 Å². The third-order valence-corrected chi connectivity index (χ3v) is 8.48. The van der Waals surface area contributed by atoms with Crippen molar-refractivity contribution in [1.82, 2.24) is 5.32 Å². The minimum atomic E-state index is -1.11. The van der Waals surface area contributed by atoms with Crippen LogP contribution in [0.2, 0.25) is 0 Å². The van der Waals surface area contributed by atoms with Gasteiger partial charge in [0.2, 0.25) is 18.0 Å². The van der Waals surface area contributed by atoms with Crippen molar-refractivity contribution in [1.29, 1.82) is 0 Å². The minimum absolute atomic E-state index is 0.175. The van der Waals surface area contributed by atoms with Gasteiger partial charge in [-0.1, -0.05) is 101 Å². The Kier molecular flexibility index (Phi) is 10.7. The van der Waals surface area contributed by atoms with Crippen LogP contribution in [-0.2, 0) is 14.4 Å². The van der Waals surface area contributed by atoms with Crippen LogP contribution in [0.3, 0.4) is 0 Å². The fourth-order valence-corrected chi connectivity index (χ4v) is 6.34. The molecule has 2 aromatic carbocycles. The van der Waals surface area contributed by atoms with Crippen molar-refractivity contribution in [2.45, 2.75) is 84.7 Å².